The van der Waals surface area contributed by atoms with Gasteiger partial charge in [0.1, 0.15) is 5.58 Å². The van der Waals surface area contributed by atoms with Gasteiger partial charge in [0.05, 0.1) is 5.69 Å². The van der Waals surface area contributed by atoms with Crippen molar-refractivity contribution >= 4 is 16.9 Å². The summed E-state index contributed by atoms with van der Waals surface area (Å²) >= 11 is 0. The molecular formula is C14H9F3N2O3. The van der Waals surface area contributed by atoms with Gasteiger partial charge in [0, 0.05) is 18.0 Å². The number of halogens is 3. The third-order valence-corrected chi connectivity index (χ3v) is 3.19. The van der Waals surface area contributed by atoms with Gasteiger partial charge in [-0.05, 0) is 30.3 Å². The number of hydrogen-bond donors (Lipinski definition) is 1. The van der Waals surface area contributed by atoms with Crippen LogP contribution in [0.2, 0.25) is 0 Å². The maximum atomic E-state index is 12.6. The highest BCUT2D eigenvalue weighted by atomic mass is 19.4. The van der Waals surface area contributed by atoms with E-state index in [1.807, 2.05) is 0 Å². The first-order chi connectivity index (χ1) is 10.3. The van der Waals surface area contributed by atoms with Crippen molar-refractivity contribution in [1.29, 1.82) is 0 Å². The Hall–Kier alpha value is -2.77. The van der Waals surface area contributed by atoms with Crippen molar-refractivity contribution in [1.82, 2.24) is 9.78 Å². The Morgan fingerprint density at radius 2 is 2.00 bits per heavy atom. The zero-order valence-corrected chi connectivity index (χ0v) is 11.2. The molecule has 2 heterocycles. The number of alkyl halides is 3. The number of benzene rings is 1. The van der Waals surface area contributed by atoms with Crippen molar-refractivity contribution in [2.24, 2.45) is 7.05 Å². The fraction of sp³-hybridized carbons (Fsp3) is 0.143. The monoisotopic (exact) mass is 310 g/mol. The maximum Gasteiger partial charge on any atom is 0.449 e. The highest BCUT2D eigenvalue weighted by Crippen LogP contribution is 2.35. The molecule has 0 aliphatic rings. The second kappa shape index (κ2) is 4.62. The Balaban J connectivity index is 2.10. The van der Waals surface area contributed by atoms with Crippen molar-refractivity contribution in [3.8, 4) is 11.3 Å². The Bertz CT molecular complexity index is 877. The molecule has 0 amide bonds. The molecule has 8 heteroatoms. The lowest BCUT2D eigenvalue weighted by molar-refractivity contribution is -0.152. The van der Waals surface area contributed by atoms with Gasteiger partial charge in [-0.25, -0.2) is 4.79 Å². The van der Waals surface area contributed by atoms with Gasteiger partial charge in [-0.3, -0.25) is 4.68 Å². The molecule has 0 radical (unpaired) electrons. The van der Waals surface area contributed by atoms with E-state index in [0.29, 0.717) is 11.3 Å². The molecule has 3 aromatic rings. The Kier molecular flexibility index (Phi) is 2.98. The summed E-state index contributed by atoms with van der Waals surface area (Å²) in [5.74, 6) is -2.25. The topological polar surface area (TPSA) is 68.3 Å². The molecule has 1 N–H and O–H groups in total. The molecule has 2 aromatic heterocycles. The van der Waals surface area contributed by atoms with Gasteiger partial charge >= 0.3 is 12.1 Å². The van der Waals surface area contributed by atoms with Crippen LogP contribution >= 0.6 is 0 Å². The van der Waals surface area contributed by atoms with Crippen LogP contribution in [0.3, 0.4) is 0 Å². The Morgan fingerprint density at radius 1 is 1.27 bits per heavy atom. The largest absolute Gasteiger partial charge is 0.476 e. The van der Waals surface area contributed by atoms with E-state index in [9.17, 15) is 18.0 Å². The van der Waals surface area contributed by atoms with Crippen molar-refractivity contribution in [3.63, 3.8) is 0 Å². The normalized spacial score (nSPS) is 12.0. The summed E-state index contributed by atoms with van der Waals surface area (Å²) in [5.41, 5.74) is 0.996. The SMILES string of the molecule is Cn1nc(C(=O)O)cc1-c1ccc2oc(C(F)(F)F)cc2c1. The summed E-state index contributed by atoms with van der Waals surface area (Å²) in [5, 5.41) is 13.0. The molecule has 0 aliphatic carbocycles. The number of rotatable bonds is 2. The van der Waals surface area contributed by atoms with Gasteiger partial charge in [-0.2, -0.15) is 18.3 Å². The lowest BCUT2D eigenvalue weighted by Gasteiger charge is -2.01. The first kappa shape index (κ1) is 14.2. The molecule has 22 heavy (non-hydrogen) atoms. The third kappa shape index (κ3) is 2.32. The molecule has 5 nitrogen and oxygen atoms in total. The smallest absolute Gasteiger partial charge is 0.449 e. The number of carbonyl (C=O) groups is 1. The standard InChI is InChI=1S/C14H9F3N2O3/c1-19-10(6-9(18-19)13(20)21)7-2-3-11-8(4-7)5-12(22-11)14(15,16)17/h2-6H,1H3,(H,20,21). The van der Waals surface area contributed by atoms with Gasteiger partial charge in [0.15, 0.2) is 5.69 Å². The fourth-order valence-electron chi connectivity index (χ4n) is 2.18. The van der Waals surface area contributed by atoms with Crippen LogP contribution in [-0.2, 0) is 13.2 Å². The van der Waals surface area contributed by atoms with E-state index in [-0.39, 0.29) is 16.7 Å². The number of fused-ring (bicyclic) bond motifs is 1. The van der Waals surface area contributed by atoms with E-state index in [4.69, 9.17) is 9.52 Å². The van der Waals surface area contributed by atoms with Gasteiger partial charge in [-0.15, -0.1) is 0 Å². The Morgan fingerprint density at radius 3 is 2.59 bits per heavy atom. The summed E-state index contributed by atoms with van der Waals surface area (Å²) in [6.07, 6.45) is -4.55. The molecule has 0 saturated carbocycles. The molecule has 0 spiro atoms. The number of carboxylic acid groups (broad SMARTS) is 1. The van der Waals surface area contributed by atoms with Crippen molar-refractivity contribution in [2.45, 2.75) is 6.18 Å². The van der Waals surface area contributed by atoms with Crippen LogP contribution in [0.4, 0.5) is 13.2 Å². The minimum absolute atomic E-state index is 0.108. The molecule has 0 unspecified atom stereocenters. The summed E-state index contributed by atoms with van der Waals surface area (Å²) in [6.45, 7) is 0. The predicted molar refractivity (Wildman–Crippen MR) is 70.4 cm³/mol. The summed E-state index contributed by atoms with van der Waals surface area (Å²) in [6, 6.07) is 6.72. The van der Waals surface area contributed by atoms with Crippen LogP contribution in [-0.4, -0.2) is 20.9 Å². The van der Waals surface area contributed by atoms with E-state index in [1.54, 1.807) is 13.1 Å². The average Bonchev–Trinajstić information content (AvgIpc) is 3.00. The minimum atomic E-state index is -4.55. The summed E-state index contributed by atoms with van der Waals surface area (Å²) < 4.78 is 44.0. The van der Waals surface area contributed by atoms with Gasteiger partial charge in [-0.1, -0.05) is 0 Å². The molecule has 114 valence electrons. The van der Waals surface area contributed by atoms with Crippen LogP contribution in [0.1, 0.15) is 16.2 Å². The van der Waals surface area contributed by atoms with Gasteiger partial charge in [0.25, 0.3) is 0 Å². The quantitative estimate of drug-likeness (QED) is 0.786. The zero-order chi connectivity index (χ0) is 16.1. The minimum Gasteiger partial charge on any atom is -0.476 e. The summed E-state index contributed by atoms with van der Waals surface area (Å²) in [7, 11) is 1.56. The second-order valence-electron chi connectivity index (χ2n) is 4.70. The number of carboxylic acids is 1. The molecule has 0 aliphatic heterocycles. The molecule has 0 atom stereocenters. The van der Waals surface area contributed by atoms with E-state index in [1.165, 1.54) is 22.9 Å². The zero-order valence-electron chi connectivity index (χ0n) is 11.2. The van der Waals surface area contributed by atoms with E-state index in [2.05, 4.69) is 5.10 Å². The lowest BCUT2D eigenvalue weighted by atomic mass is 10.1. The van der Waals surface area contributed by atoms with Gasteiger partial charge < -0.3 is 9.52 Å². The number of furan rings is 1. The molecule has 0 fully saturated rings. The number of aryl methyl sites for hydroxylation is 1. The lowest BCUT2D eigenvalue weighted by Crippen LogP contribution is -2.01. The van der Waals surface area contributed by atoms with Crippen LogP contribution in [0, 0.1) is 0 Å². The predicted octanol–water partition coefficient (Wildman–Crippen LogP) is 3.55. The third-order valence-electron chi connectivity index (χ3n) is 3.19. The first-order valence-corrected chi connectivity index (χ1v) is 6.14. The molecule has 0 bridgehead atoms. The molecule has 0 saturated heterocycles. The van der Waals surface area contributed by atoms with Crippen LogP contribution in [0.5, 0.6) is 0 Å². The van der Waals surface area contributed by atoms with Crippen LogP contribution in [0.25, 0.3) is 22.2 Å². The Labute approximate surface area is 121 Å². The highest BCUT2D eigenvalue weighted by molar-refractivity contribution is 5.88. The van der Waals surface area contributed by atoms with Crippen molar-refractivity contribution in [2.75, 3.05) is 0 Å². The van der Waals surface area contributed by atoms with Crippen molar-refractivity contribution < 1.29 is 27.5 Å². The fourth-order valence-corrected chi connectivity index (χ4v) is 2.18. The van der Waals surface area contributed by atoms with Gasteiger partial charge in [0.2, 0.25) is 5.76 Å². The number of nitrogens with zero attached hydrogens (tertiary/aromatic N) is 2. The molecular weight excluding hydrogens is 301 g/mol. The first-order valence-electron chi connectivity index (χ1n) is 6.14. The maximum absolute atomic E-state index is 12.6. The second-order valence-corrected chi connectivity index (χ2v) is 4.70. The molecule has 1 aromatic carbocycles. The number of aromatic carboxylic acids is 1. The number of hydrogen-bond acceptors (Lipinski definition) is 3. The van der Waals surface area contributed by atoms with E-state index < -0.39 is 17.9 Å². The van der Waals surface area contributed by atoms with E-state index in [0.717, 1.165) is 6.07 Å². The number of aromatic nitrogens is 2. The molecule has 3 rings (SSSR count). The van der Waals surface area contributed by atoms with Crippen LogP contribution in [0.15, 0.2) is 34.7 Å². The van der Waals surface area contributed by atoms with E-state index >= 15 is 0 Å². The average molecular weight is 310 g/mol. The van der Waals surface area contributed by atoms with Crippen LogP contribution < -0.4 is 0 Å². The summed E-state index contributed by atoms with van der Waals surface area (Å²) in [4.78, 5) is 10.9. The van der Waals surface area contributed by atoms with Crippen molar-refractivity contribution in [3.05, 3.63) is 41.8 Å². The highest BCUT2D eigenvalue weighted by Gasteiger charge is 2.35.